The zero-order chi connectivity index (χ0) is 12.4. The lowest BCUT2D eigenvalue weighted by Crippen LogP contribution is -2.41. The van der Waals surface area contributed by atoms with Gasteiger partial charge in [-0.2, -0.15) is 0 Å². The number of primary amides is 1. The molecule has 0 spiro atoms. The van der Waals surface area contributed by atoms with Crippen molar-refractivity contribution in [1.82, 2.24) is 9.97 Å². The van der Waals surface area contributed by atoms with E-state index in [1.165, 1.54) is 6.33 Å². The summed E-state index contributed by atoms with van der Waals surface area (Å²) in [6.45, 7) is 0.627. The molecule has 17 heavy (non-hydrogen) atoms. The first-order valence-corrected chi connectivity index (χ1v) is 5.54. The van der Waals surface area contributed by atoms with E-state index < -0.39 is 11.9 Å². The molecular formula is C10H11ClN4O2. The normalized spacial score (nSPS) is 19.4. The van der Waals surface area contributed by atoms with Gasteiger partial charge in [0.1, 0.15) is 23.3 Å². The molecule has 7 heteroatoms. The van der Waals surface area contributed by atoms with Crippen LogP contribution in [0.5, 0.6) is 0 Å². The van der Waals surface area contributed by atoms with Crippen molar-refractivity contribution < 1.29 is 9.59 Å². The Balaban J connectivity index is 2.43. The molecule has 2 N–H and O–H groups in total. The average molecular weight is 255 g/mol. The number of nitrogens with zero attached hydrogens (tertiary/aromatic N) is 3. The highest BCUT2D eigenvalue weighted by molar-refractivity contribution is 6.32. The second-order valence-corrected chi connectivity index (χ2v) is 4.13. The third kappa shape index (κ3) is 2.08. The Bertz CT molecular complexity index is 466. The summed E-state index contributed by atoms with van der Waals surface area (Å²) in [5.74, 6) is -0.0459. The lowest BCUT2D eigenvalue weighted by atomic mass is 10.2. The van der Waals surface area contributed by atoms with Crippen LogP contribution in [0.1, 0.15) is 23.2 Å². The molecule has 90 valence electrons. The summed E-state index contributed by atoms with van der Waals surface area (Å²) in [6.07, 6.45) is 3.35. The van der Waals surface area contributed by atoms with E-state index >= 15 is 0 Å². The van der Waals surface area contributed by atoms with Gasteiger partial charge in [0, 0.05) is 6.54 Å². The number of carbonyl (C=O) groups excluding carboxylic acids is 2. The maximum Gasteiger partial charge on any atom is 0.240 e. The van der Waals surface area contributed by atoms with E-state index in [-0.39, 0.29) is 10.7 Å². The van der Waals surface area contributed by atoms with E-state index in [1.54, 1.807) is 4.90 Å². The number of amides is 1. The third-order valence-corrected chi connectivity index (χ3v) is 3.09. The SMILES string of the molecule is NC(=O)C1CCCN1c1ncnc(Cl)c1C=O. The number of anilines is 1. The van der Waals surface area contributed by atoms with Crippen LogP contribution in [0.2, 0.25) is 5.15 Å². The Morgan fingerprint density at radius 3 is 3.00 bits per heavy atom. The molecule has 0 radical (unpaired) electrons. The second-order valence-electron chi connectivity index (χ2n) is 3.77. The van der Waals surface area contributed by atoms with E-state index in [2.05, 4.69) is 9.97 Å². The van der Waals surface area contributed by atoms with Crippen LogP contribution in [0, 0.1) is 0 Å². The monoisotopic (exact) mass is 254 g/mol. The highest BCUT2D eigenvalue weighted by atomic mass is 35.5. The molecule has 2 heterocycles. The van der Waals surface area contributed by atoms with Gasteiger partial charge in [-0.15, -0.1) is 0 Å². The summed E-state index contributed by atoms with van der Waals surface area (Å²) < 4.78 is 0. The smallest absolute Gasteiger partial charge is 0.240 e. The molecule has 2 rings (SSSR count). The fourth-order valence-corrected chi connectivity index (χ4v) is 2.18. The lowest BCUT2D eigenvalue weighted by molar-refractivity contribution is -0.119. The van der Waals surface area contributed by atoms with Gasteiger partial charge in [-0.3, -0.25) is 9.59 Å². The minimum atomic E-state index is -0.431. The molecule has 1 unspecified atom stereocenters. The third-order valence-electron chi connectivity index (χ3n) is 2.79. The van der Waals surface area contributed by atoms with Gasteiger partial charge in [0.2, 0.25) is 5.91 Å². The van der Waals surface area contributed by atoms with Crippen LogP contribution in [0.3, 0.4) is 0 Å². The predicted octanol–water partition coefficient (Wildman–Crippen LogP) is 0.397. The maximum atomic E-state index is 11.3. The van der Waals surface area contributed by atoms with E-state index in [0.29, 0.717) is 25.1 Å². The summed E-state index contributed by atoms with van der Waals surface area (Å²) in [7, 11) is 0. The Kier molecular flexibility index (Phi) is 3.23. The van der Waals surface area contributed by atoms with Crippen LogP contribution >= 0.6 is 11.6 Å². The zero-order valence-electron chi connectivity index (χ0n) is 8.97. The Morgan fingerprint density at radius 1 is 1.59 bits per heavy atom. The number of hydrogen-bond acceptors (Lipinski definition) is 5. The van der Waals surface area contributed by atoms with Crippen LogP contribution in [0.15, 0.2) is 6.33 Å². The topological polar surface area (TPSA) is 89.2 Å². The van der Waals surface area contributed by atoms with Crippen molar-refractivity contribution in [2.24, 2.45) is 5.73 Å². The second kappa shape index (κ2) is 4.67. The van der Waals surface area contributed by atoms with Gasteiger partial charge >= 0.3 is 0 Å². The number of rotatable bonds is 3. The summed E-state index contributed by atoms with van der Waals surface area (Å²) >= 11 is 5.81. The van der Waals surface area contributed by atoms with Crippen molar-refractivity contribution in [3.05, 3.63) is 17.0 Å². The van der Waals surface area contributed by atoms with Crippen molar-refractivity contribution in [3.63, 3.8) is 0 Å². The number of halogens is 1. The molecule has 0 aliphatic carbocycles. The zero-order valence-corrected chi connectivity index (χ0v) is 9.72. The van der Waals surface area contributed by atoms with Crippen molar-refractivity contribution in [3.8, 4) is 0 Å². The predicted molar refractivity (Wildman–Crippen MR) is 62.0 cm³/mol. The number of aromatic nitrogens is 2. The molecule has 6 nitrogen and oxygen atoms in total. The van der Waals surface area contributed by atoms with Crippen molar-refractivity contribution in [1.29, 1.82) is 0 Å². The van der Waals surface area contributed by atoms with Gasteiger partial charge in [0.15, 0.2) is 6.29 Å². The Hall–Kier alpha value is -1.69. The number of hydrogen-bond donors (Lipinski definition) is 1. The first-order chi connectivity index (χ1) is 8.15. The number of carbonyl (C=O) groups is 2. The van der Waals surface area contributed by atoms with Gasteiger partial charge in [-0.05, 0) is 12.8 Å². The maximum absolute atomic E-state index is 11.3. The summed E-state index contributed by atoms with van der Waals surface area (Å²) in [5, 5.41) is 0.0834. The molecule has 1 aromatic rings. The van der Waals surface area contributed by atoms with Crippen LogP contribution in [0.25, 0.3) is 0 Å². The molecule has 1 saturated heterocycles. The summed E-state index contributed by atoms with van der Waals surface area (Å²) in [4.78, 5) is 31.7. The van der Waals surface area contributed by atoms with Crippen molar-refractivity contribution in [2.75, 3.05) is 11.4 Å². The molecule has 1 atom stereocenters. The first-order valence-electron chi connectivity index (χ1n) is 5.16. The molecule has 1 amide bonds. The lowest BCUT2D eigenvalue weighted by Gasteiger charge is -2.24. The van der Waals surface area contributed by atoms with Crippen LogP contribution < -0.4 is 10.6 Å². The van der Waals surface area contributed by atoms with Crippen molar-refractivity contribution >= 4 is 29.6 Å². The van der Waals surface area contributed by atoms with E-state index in [9.17, 15) is 9.59 Å². The van der Waals surface area contributed by atoms with Gasteiger partial charge in [0.25, 0.3) is 0 Å². The molecule has 1 aliphatic heterocycles. The minimum absolute atomic E-state index is 0.0834. The highest BCUT2D eigenvalue weighted by Crippen LogP contribution is 2.28. The van der Waals surface area contributed by atoms with Gasteiger partial charge < -0.3 is 10.6 Å². The van der Waals surface area contributed by atoms with Gasteiger partial charge in [-0.25, -0.2) is 9.97 Å². The van der Waals surface area contributed by atoms with E-state index in [1.807, 2.05) is 0 Å². The van der Waals surface area contributed by atoms with Gasteiger partial charge in [0.05, 0.1) is 5.56 Å². The Labute approximate surface area is 103 Å². The van der Waals surface area contributed by atoms with Gasteiger partial charge in [-0.1, -0.05) is 11.6 Å². The van der Waals surface area contributed by atoms with Crippen LogP contribution in [0.4, 0.5) is 5.82 Å². The fourth-order valence-electron chi connectivity index (χ4n) is 2.01. The quantitative estimate of drug-likeness (QED) is 0.623. The van der Waals surface area contributed by atoms with Crippen LogP contribution in [-0.2, 0) is 4.79 Å². The highest BCUT2D eigenvalue weighted by Gasteiger charge is 2.31. The average Bonchev–Trinajstić information content (AvgIpc) is 2.77. The van der Waals surface area contributed by atoms with Crippen LogP contribution in [-0.4, -0.2) is 34.7 Å². The minimum Gasteiger partial charge on any atom is -0.368 e. The first kappa shape index (κ1) is 11.8. The molecular weight excluding hydrogens is 244 g/mol. The molecule has 1 aliphatic rings. The molecule has 0 aromatic carbocycles. The molecule has 1 fully saturated rings. The summed E-state index contributed by atoms with van der Waals surface area (Å²) in [6, 6.07) is -0.431. The number of nitrogens with two attached hydrogens (primary N) is 1. The molecule has 0 bridgehead atoms. The Morgan fingerprint density at radius 2 is 2.35 bits per heavy atom. The largest absolute Gasteiger partial charge is 0.368 e. The van der Waals surface area contributed by atoms with E-state index in [0.717, 1.165) is 6.42 Å². The number of aldehydes is 1. The van der Waals surface area contributed by atoms with Crippen molar-refractivity contribution in [2.45, 2.75) is 18.9 Å². The fraction of sp³-hybridized carbons (Fsp3) is 0.400. The summed E-state index contributed by atoms with van der Waals surface area (Å²) in [5.41, 5.74) is 5.51. The van der Waals surface area contributed by atoms with E-state index in [4.69, 9.17) is 17.3 Å². The molecule has 0 saturated carbocycles. The standard InChI is InChI=1S/C10H11ClN4O2/c11-8-6(4-16)10(14-5-13-8)15-3-1-2-7(15)9(12)17/h4-5,7H,1-3H2,(H2,12,17). The molecule has 1 aromatic heterocycles.